The Balaban J connectivity index is 1.96. The predicted octanol–water partition coefficient (Wildman–Crippen LogP) is 4.55. The third-order valence-corrected chi connectivity index (χ3v) is 4.09. The molecule has 0 bridgehead atoms. The summed E-state index contributed by atoms with van der Waals surface area (Å²) in [4.78, 5) is 15.8. The van der Waals surface area contributed by atoms with Crippen molar-refractivity contribution in [3.05, 3.63) is 63.9 Å². The Hall–Kier alpha value is -1.58. The molecule has 108 valence electrons. The van der Waals surface area contributed by atoms with Crippen LogP contribution in [0.3, 0.4) is 0 Å². The first-order valence-electron chi connectivity index (χ1n) is 6.69. The second kappa shape index (κ2) is 6.04. The van der Waals surface area contributed by atoms with E-state index in [0.29, 0.717) is 22.9 Å². The van der Waals surface area contributed by atoms with Crippen molar-refractivity contribution < 1.29 is 9.53 Å². The Kier molecular flexibility index (Phi) is 4.13. The van der Waals surface area contributed by atoms with E-state index in [0.717, 1.165) is 11.1 Å². The maximum absolute atomic E-state index is 11.7. The third kappa shape index (κ3) is 3.20. The van der Waals surface area contributed by atoms with Crippen molar-refractivity contribution >= 4 is 29.2 Å². The maximum Gasteiger partial charge on any atom is 0.306 e. The Morgan fingerprint density at radius 3 is 2.52 bits per heavy atom. The van der Waals surface area contributed by atoms with Crippen molar-refractivity contribution in [3.63, 3.8) is 0 Å². The summed E-state index contributed by atoms with van der Waals surface area (Å²) in [5.41, 5.74) is 1.91. The minimum absolute atomic E-state index is 0.0510. The molecular formula is C16H13Cl2NO2. The molecule has 2 aromatic rings. The SMILES string of the molecule is O=C1CC[C@@H](c2cncc(Cl)c2)[C@@H](c2ccc(Cl)cc2)O1. The van der Waals surface area contributed by atoms with E-state index in [1.807, 2.05) is 18.2 Å². The zero-order valence-corrected chi connectivity index (χ0v) is 12.6. The number of ether oxygens (including phenoxy) is 1. The highest BCUT2D eigenvalue weighted by molar-refractivity contribution is 6.30. The van der Waals surface area contributed by atoms with Gasteiger partial charge in [-0.2, -0.15) is 0 Å². The van der Waals surface area contributed by atoms with Gasteiger partial charge in [-0.1, -0.05) is 35.3 Å². The molecule has 5 heteroatoms. The number of cyclic esters (lactones) is 1. The van der Waals surface area contributed by atoms with Crippen molar-refractivity contribution in [2.45, 2.75) is 24.9 Å². The molecule has 1 aromatic carbocycles. The van der Waals surface area contributed by atoms with E-state index in [2.05, 4.69) is 4.98 Å². The highest BCUT2D eigenvalue weighted by atomic mass is 35.5. The van der Waals surface area contributed by atoms with Crippen LogP contribution in [0.5, 0.6) is 0 Å². The van der Waals surface area contributed by atoms with Crippen LogP contribution in [0.1, 0.15) is 36.0 Å². The molecule has 2 atom stereocenters. The van der Waals surface area contributed by atoms with E-state index in [1.54, 1.807) is 24.5 Å². The lowest BCUT2D eigenvalue weighted by Gasteiger charge is -2.31. The number of benzene rings is 1. The molecule has 0 spiro atoms. The van der Waals surface area contributed by atoms with Crippen molar-refractivity contribution in [2.75, 3.05) is 0 Å². The fourth-order valence-corrected chi connectivity index (χ4v) is 2.94. The lowest BCUT2D eigenvalue weighted by Crippen LogP contribution is -2.24. The first-order valence-corrected chi connectivity index (χ1v) is 7.44. The van der Waals surface area contributed by atoms with Crippen LogP contribution in [0.4, 0.5) is 0 Å². The second-order valence-corrected chi connectivity index (χ2v) is 5.92. The number of hydrogen-bond acceptors (Lipinski definition) is 3. The summed E-state index contributed by atoms with van der Waals surface area (Å²) in [7, 11) is 0. The second-order valence-electron chi connectivity index (χ2n) is 5.04. The van der Waals surface area contributed by atoms with Gasteiger partial charge in [0.1, 0.15) is 6.10 Å². The summed E-state index contributed by atoms with van der Waals surface area (Å²) in [6.45, 7) is 0. The highest BCUT2D eigenvalue weighted by Gasteiger charge is 2.33. The topological polar surface area (TPSA) is 39.2 Å². The molecule has 1 aliphatic heterocycles. The van der Waals surface area contributed by atoms with Gasteiger partial charge >= 0.3 is 5.97 Å². The number of nitrogens with zero attached hydrogens (tertiary/aromatic N) is 1. The number of esters is 1. The molecule has 1 saturated heterocycles. The average molecular weight is 322 g/mol. The van der Waals surface area contributed by atoms with Gasteiger partial charge in [0.15, 0.2) is 0 Å². The van der Waals surface area contributed by atoms with Gasteiger partial charge in [0, 0.05) is 29.8 Å². The van der Waals surface area contributed by atoms with Crippen LogP contribution in [0, 0.1) is 0 Å². The first kappa shape index (κ1) is 14.4. The molecule has 0 saturated carbocycles. The molecule has 3 nitrogen and oxygen atoms in total. The molecule has 21 heavy (non-hydrogen) atoms. The van der Waals surface area contributed by atoms with E-state index < -0.39 is 0 Å². The maximum atomic E-state index is 11.7. The fourth-order valence-electron chi connectivity index (χ4n) is 2.63. The summed E-state index contributed by atoms with van der Waals surface area (Å²) in [6.07, 6.45) is 4.16. The summed E-state index contributed by atoms with van der Waals surface area (Å²) in [5.74, 6) is -0.128. The zero-order valence-electron chi connectivity index (χ0n) is 11.1. The molecule has 0 aliphatic carbocycles. The quantitative estimate of drug-likeness (QED) is 0.762. The van der Waals surface area contributed by atoms with E-state index in [1.165, 1.54) is 0 Å². The van der Waals surface area contributed by atoms with Crippen molar-refractivity contribution in [1.29, 1.82) is 0 Å². The highest BCUT2D eigenvalue weighted by Crippen LogP contribution is 2.41. The summed E-state index contributed by atoms with van der Waals surface area (Å²) in [6, 6.07) is 9.24. The Morgan fingerprint density at radius 1 is 1.05 bits per heavy atom. The molecule has 0 radical (unpaired) electrons. The van der Waals surface area contributed by atoms with E-state index in [-0.39, 0.29) is 18.0 Å². The van der Waals surface area contributed by atoms with E-state index in [4.69, 9.17) is 27.9 Å². The fraction of sp³-hybridized carbons (Fsp3) is 0.250. The molecule has 0 amide bonds. The number of aromatic nitrogens is 1. The number of halogens is 2. The average Bonchev–Trinajstić information content (AvgIpc) is 2.48. The summed E-state index contributed by atoms with van der Waals surface area (Å²) >= 11 is 11.9. The number of carbonyl (C=O) groups is 1. The Labute approximate surface area is 132 Å². The summed E-state index contributed by atoms with van der Waals surface area (Å²) in [5, 5.41) is 1.24. The predicted molar refractivity (Wildman–Crippen MR) is 81.5 cm³/mol. The molecule has 0 unspecified atom stereocenters. The Morgan fingerprint density at radius 2 is 1.81 bits per heavy atom. The zero-order chi connectivity index (χ0) is 14.8. The normalized spacial score (nSPS) is 21.9. The first-order chi connectivity index (χ1) is 10.1. The van der Waals surface area contributed by atoms with Gasteiger partial charge in [0.2, 0.25) is 0 Å². The molecule has 2 heterocycles. The van der Waals surface area contributed by atoms with E-state index >= 15 is 0 Å². The molecule has 1 aliphatic rings. The van der Waals surface area contributed by atoms with Gasteiger partial charge in [-0.3, -0.25) is 9.78 Å². The standard InChI is InChI=1S/C16H13Cl2NO2/c17-12-3-1-10(2-4-12)16-14(5-6-15(20)21-16)11-7-13(18)9-19-8-11/h1-4,7-9,14,16H,5-6H2/t14-,16+/m0/s1. The number of hydrogen-bond donors (Lipinski definition) is 0. The van der Waals surface area contributed by atoms with Crippen LogP contribution in [0.2, 0.25) is 10.0 Å². The van der Waals surface area contributed by atoms with Crippen LogP contribution in [-0.4, -0.2) is 11.0 Å². The molecular weight excluding hydrogens is 309 g/mol. The van der Waals surface area contributed by atoms with Gasteiger partial charge in [-0.25, -0.2) is 0 Å². The molecule has 1 aromatic heterocycles. The smallest absolute Gasteiger partial charge is 0.306 e. The van der Waals surface area contributed by atoms with Gasteiger partial charge in [0.05, 0.1) is 5.02 Å². The van der Waals surface area contributed by atoms with Gasteiger partial charge in [0.25, 0.3) is 0 Å². The minimum Gasteiger partial charge on any atom is -0.457 e. The molecule has 1 fully saturated rings. The minimum atomic E-state index is -0.330. The van der Waals surface area contributed by atoms with Crippen molar-refractivity contribution in [2.24, 2.45) is 0 Å². The van der Waals surface area contributed by atoms with Gasteiger partial charge in [-0.05, 0) is 35.7 Å². The lowest BCUT2D eigenvalue weighted by atomic mass is 9.84. The van der Waals surface area contributed by atoms with Gasteiger partial charge in [-0.15, -0.1) is 0 Å². The van der Waals surface area contributed by atoms with Crippen molar-refractivity contribution in [3.8, 4) is 0 Å². The Bertz CT molecular complexity index is 658. The number of carbonyl (C=O) groups excluding carboxylic acids is 1. The van der Waals surface area contributed by atoms with Crippen LogP contribution in [0.25, 0.3) is 0 Å². The number of pyridine rings is 1. The molecule has 3 rings (SSSR count). The summed E-state index contributed by atoms with van der Waals surface area (Å²) < 4.78 is 5.57. The third-order valence-electron chi connectivity index (χ3n) is 3.64. The largest absolute Gasteiger partial charge is 0.457 e. The van der Waals surface area contributed by atoms with Crippen LogP contribution in [0.15, 0.2) is 42.7 Å². The van der Waals surface area contributed by atoms with Crippen LogP contribution < -0.4 is 0 Å². The van der Waals surface area contributed by atoms with Crippen LogP contribution in [-0.2, 0) is 9.53 Å². The van der Waals surface area contributed by atoms with E-state index in [9.17, 15) is 4.79 Å². The lowest BCUT2D eigenvalue weighted by molar-refractivity contribution is -0.155. The van der Waals surface area contributed by atoms with Crippen LogP contribution >= 0.6 is 23.2 Å². The van der Waals surface area contributed by atoms with Gasteiger partial charge < -0.3 is 4.74 Å². The van der Waals surface area contributed by atoms with Crippen molar-refractivity contribution in [1.82, 2.24) is 4.98 Å². The molecule has 0 N–H and O–H groups in total. The monoisotopic (exact) mass is 321 g/mol. The number of rotatable bonds is 2.